The highest BCUT2D eigenvalue weighted by Gasteiger charge is 2.10. The summed E-state index contributed by atoms with van der Waals surface area (Å²) in [5.74, 6) is 1.69. The van der Waals surface area contributed by atoms with Crippen molar-refractivity contribution in [2.24, 2.45) is 0 Å². The second-order valence-corrected chi connectivity index (χ2v) is 5.74. The molecular formula is C17H17N7O2. The zero-order valence-corrected chi connectivity index (χ0v) is 14.1. The molecule has 0 fully saturated rings. The van der Waals surface area contributed by atoms with Gasteiger partial charge >= 0.3 is 0 Å². The molecule has 0 unspecified atom stereocenters. The Labute approximate surface area is 148 Å². The lowest BCUT2D eigenvalue weighted by Crippen LogP contribution is -2.24. The summed E-state index contributed by atoms with van der Waals surface area (Å²) in [5, 5.41) is 15.2. The first-order valence-corrected chi connectivity index (χ1v) is 8.18. The Bertz CT molecular complexity index is 1040. The van der Waals surface area contributed by atoms with Crippen LogP contribution in [0.4, 0.5) is 0 Å². The molecule has 26 heavy (non-hydrogen) atoms. The van der Waals surface area contributed by atoms with E-state index >= 15 is 0 Å². The Hall–Kier alpha value is -3.49. The van der Waals surface area contributed by atoms with Gasteiger partial charge in [-0.05, 0) is 18.2 Å². The molecule has 1 amide bonds. The number of hydrogen-bond acceptors (Lipinski definition) is 6. The number of imidazole rings is 1. The molecular weight excluding hydrogens is 334 g/mol. The zero-order valence-electron chi connectivity index (χ0n) is 14.1. The number of aromatic amines is 1. The number of ether oxygens (including phenoxy) is 1. The van der Waals surface area contributed by atoms with Crippen molar-refractivity contribution < 1.29 is 9.53 Å². The van der Waals surface area contributed by atoms with Crippen LogP contribution in [0.5, 0.6) is 5.88 Å². The van der Waals surface area contributed by atoms with Crippen LogP contribution in [-0.2, 0) is 17.8 Å². The monoisotopic (exact) mass is 351 g/mol. The number of hydrogen-bond donors (Lipinski definition) is 2. The molecule has 0 radical (unpaired) electrons. The van der Waals surface area contributed by atoms with E-state index in [1.165, 1.54) is 7.11 Å². The lowest BCUT2D eigenvalue weighted by atomic mass is 10.3. The summed E-state index contributed by atoms with van der Waals surface area (Å²) in [4.78, 5) is 19.8. The average molecular weight is 351 g/mol. The molecule has 9 nitrogen and oxygen atoms in total. The van der Waals surface area contributed by atoms with Crippen LogP contribution in [0.15, 0.2) is 36.4 Å². The van der Waals surface area contributed by atoms with E-state index in [4.69, 9.17) is 4.74 Å². The first kappa shape index (κ1) is 16.0. The molecule has 0 aliphatic heterocycles. The number of nitrogens with one attached hydrogen (secondary N) is 2. The van der Waals surface area contributed by atoms with Gasteiger partial charge < -0.3 is 15.0 Å². The summed E-state index contributed by atoms with van der Waals surface area (Å²) >= 11 is 0. The number of methoxy groups -OCH3 is 1. The maximum atomic E-state index is 12.1. The van der Waals surface area contributed by atoms with Gasteiger partial charge in [0.1, 0.15) is 5.82 Å². The minimum absolute atomic E-state index is 0.0925. The number of carbonyl (C=O) groups excluding carboxylic acids is 1. The molecule has 1 aromatic carbocycles. The smallest absolute Gasteiger partial charge is 0.231 e. The number of nitrogens with zero attached hydrogens (tertiary/aromatic N) is 5. The second-order valence-electron chi connectivity index (χ2n) is 5.74. The Morgan fingerprint density at radius 1 is 1.23 bits per heavy atom. The molecule has 4 rings (SSSR count). The van der Waals surface area contributed by atoms with Crippen LogP contribution >= 0.6 is 0 Å². The lowest BCUT2D eigenvalue weighted by molar-refractivity contribution is -0.121. The van der Waals surface area contributed by atoms with Crippen LogP contribution in [0.1, 0.15) is 18.1 Å². The van der Waals surface area contributed by atoms with E-state index in [0.29, 0.717) is 30.2 Å². The third kappa shape index (κ3) is 3.18. The predicted octanol–water partition coefficient (Wildman–Crippen LogP) is 1.26. The van der Waals surface area contributed by atoms with Crippen molar-refractivity contribution in [3.8, 4) is 5.88 Å². The number of fused-ring (bicyclic) bond motifs is 2. The minimum Gasteiger partial charge on any atom is -0.480 e. The molecule has 0 atom stereocenters. The molecule has 132 valence electrons. The largest absolute Gasteiger partial charge is 0.480 e. The summed E-state index contributed by atoms with van der Waals surface area (Å²) in [7, 11) is 1.54. The SMILES string of the molecule is COc1ccc2nnc(CNC(=O)CCc3nc4ccccc4[nH]3)n2n1. The van der Waals surface area contributed by atoms with Gasteiger partial charge in [-0.3, -0.25) is 4.79 Å². The highest BCUT2D eigenvalue weighted by Crippen LogP contribution is 2.11. The fourth-order valence-corrected chi connectivity index (χ4v) is 2.66. The molecule has 3 aromatic heterocycles. The van der Waals surface area contributed by atoms with Gasteiger partial charge in [-0.25, -0.2) is 4.98 Å². The molecule has 0 aliphatic rings. The lowest BCUT2D eigenvalue weighted by Gasteiger charge is -2.04. The van der Waals surface area contributed by atoms with E-state index < -0.39 is 0 Å². The number of carbonyl (C=O) groups is 1. The van der Waals surface area contributed by atoms with Gasteiger partial charge in [-0.15, -0.1) is 15.3 Å². The number of rotatable bonds is 6. The van der Waals surface area contributed by atoms with Gasteiger partial charge in [-0.1, -0.05) is 12.1 Å². The number of amides is 1. The maximum Gasteiger partial charge on any atom is 0.231 e. The third-order valence-corrected chi connectivity index (χ3v) is 3.98. The van der Waals surface area contributed by atoms with Crippen molar-refractivity contribution in [2.45, 2.75) is 19.4 Å². The second kappa shape index (κ2) is 6.79. The summed E-state index contributed by atoms with van der Waals surface area (Å²) in [5.41, 5.74) is 2.47. The maximum absolute atomic E-state index is 12.1. The molecule has 3 heterocycles. The van der Waals surface area contributed by atoms with Crippen LogP contribution in [0.2, 0.25) is 0 Å². The van der Waals surface area contributed by atoms with Crippen LogP contribution in [0.25, 0.3) is 16.7 Å². The molecule has 2 N–H and O–H groups in total. The molecule has 9 heteroatoms. The number of H-pyrrole nitrogens is 1. The molecule has 0 bridgehead atoms. The van der Waals surface area contributed by atoms with E-state index in [1.54, 1.807) is 16.6 Å². The molecule has 0 spiro atoms. The fraction of sp³-hybridized carbons (Fsp3) is 0.235. The fourth-order valence-electron chi connectivity index (χ4n) is 2.66. The highest BCUT2D eigenvalue weighted by atomic mass is 16.5. The van der Waals surface area contributed by atoms with Crippen molar-refractivity contribution in [3.63, 3.8) is 0 Å². The normalized spacial score (nSPS) is 11.1. The van der Waals surface area contributed by atoms with E-state index in [1.807, 2.05) is 24.3 Å². The van der Waals surface area contributed by atoms with E-state index in [9.17, 15) is 4.79 Å². The van der Waals surface area contributed by atoms with Crippen LogP contribution < -0.4 is 10.1 Å². The quantitative estimate of drug-likeness (QED) is 0.541. The molecule has 0 aliphatic carbocycles. The van der Waals surface area contributed by atoms with Crippen LogP contribution in [-0.4, -0.2) is 42.8 Å². The van der Waals surface area contributed by atoms with E-state index in [0.717, 1.165) is 16.9 Å². The predicted molar refractivity (Wildman–Crippen MR) is 93.6 cm³/mol. The van der Waals surface area contributed by atoms with Gasteiger partial charge in [0.05, 0.1) is 24.7 Å². The first-order chi connectivity index (χ1) is 12.7. The van der Waals surface area contributed by atoms with E-state index in [-0.39, 0.29) is 12.5 Å². The molecule has 0 saturated heterocycles. The van der Waals surface area contributed by atoms with Gasteiger partial charge in [0.25, 0.3) is 0 Å². The van der Waals surface area contributed by atoms with Gasteiger partial charge in [0.2, 0.25) is 11.8 Å². The third-order valence-electron chi connectivity index (χ3n) is 3.98. The van der Waals surface area contributed by atoms with Crippen molar-refractivity contribution in [1.82, 2.24) is 35.1 Å². The molecule has 0 saturated carbocycles. The first-order valence-electron chi connectivity index (χ1n) is 8.18. The average Bonchev–Trinajstić information content (AvgIpc) is 3.27. The Kier molecular flexibility index (Phi) is 4.18. The summed E-state index contributed by atoms with van der Waals surface area (Å²) in [6.07, 6.45) is 0.862. The number of para-hydroxylation sites is 2. The van der Waals surface area contributed by atoms with Gasteiger partial charge in [-0.2, -0.15) is 4.52 Å². The van der Waals surface area contributed by atoms with Crippen molar-refractivity contribution in [1.29, 1.82) is 0 Å². The summed E-state index contributed by atoms with van der Waals surface area (Å²) < 4.78 is 6.65. The highest BCUT2D eigenvalue weighted by molar-refractivity contribution is 5.77. The Balaban J connectivity index is 1.36. The van der Waals surface area contributed by atoms with Crippen molar-refractivity contribution >= 4 is 22.6 Å². The van der Waals surface area contributed by atoms with Crippen LogP contribution in [0, 0.1) is 0 Å². The summed E-state index contributed by atoms with van der Waals surface area (Å²) in [6.45, 7) is 0.236. The Morgan fingerprint density at radius 2 is 2.12 bits per heavy atom. The van der Waals surface area contributed by atoms with Gasteiger partial charge in [0.15, 0.2) is 11.5 Å². The van der Waals surface area contributed by atoms with Crippen LogP contribution in [0.3, 0.4) is 0 Å². The minimum atomic E-state index is -0.0925. The summed E-state index contributed by atoms with van der Waals surface area (Å²) in [6, 6.07) is 11.2. The topological polar surface area (TPSA) is 110 Å². The zero-order chi connectivity index (χ0) is 17.9. The van der Waals surface area contributed by atoms with Crippen molar-refractivity contribution in [3.05, 3.63) is 48.0 Å². The Morgan fingerprint density at radius 3 is 2.96 bits per heavy atom. The van der Waals surface area contributed by atoms with E-state index in [2.05, 4.69) is 30.6 Å². The number of benzene rings is 1. The van der Waals surface area contributed by atoms with Crippen molar-refractivity contribution in [2.75, 3.05) is 7.11 Å². The number of aromatic nitrogens is 6. The number of aryl methyl sites for hydroxylation is 1. The molecule has 4 aromatic rings. The van der Waals surface area contributed by atoms with Gasteiger partial charge in [0, 0.05) is 18.9 Å². The standard InChI is InChI=1S/C17H17N7O2/c1-26-17-9-7-14-21-22-15(24(14)23-17)10-18-16(25)8-6-13-19-11-4-2-3-5-12(11)20-13/h2-5,7,9H,6,8,10H2,1H3,(H,18,25)(H,19,20).